The van der Waals surface area contributed by atoms with E-state index in [9.17, 15) is 4.39 Å². The molecule has 4 nitrogen and oxygen atoms in total. The lowest BCUT2D eigenvalue weighted by atomic mass is 9.86. The first-order valence-corrected chi connectivity index (χ1v) is 6.99. The number of hydrogen-bond donors (Lipinski definition) is 1. The molecule has 0 amide bonds. The summed E-state index contributed by atoms with van der Waals surface area (Å²) in [5.74, 6) is 1.19. The standard InChI is InChI=1S/C15H18FN3O.ClH/c1-9-7-10(5-6-13(9)16)14-18-15(20-19-14)11-3-2-4-12(17)8-11;/h5-7,11-12H,2-4,8,17H2,1H3;1H. The number of halogens is 2. The van der Waals surface area contributed by atoms with Crippen LogP contribution in [-0.4, -0.2) is 16.2 Å². The largest absolute Gasteiger partial charge is 0.339 e. The van der Waals surface area contributed by atoms with Crippen molar-refractivity contribution in [3.63, 3.8) is 0 Å². The molecule has 6 heteroatoms. The molecule has 1 aliphatic carbocycles. The van der Waals surface area contributed by atoms with Crippen molar-refractivity contribution in [3.8, 4) is 11.4 Å². The molecule has 1 aliphatic rings. The maximum atomic E-state index is 13.3. The van der Waals surface area contributed by atoms with Crippen LogP contribution in [0.25, 0.3) is 11.4 Å². The Bertz CT molecular complexity index is 617. The van der Waals surface area contributed by atoms with Crippen LogP contribution in [0.4, 0.5) is 4.39 Å². The maximum absolute atomic E-state index is 13.3. The molecule has 1 saturated carbocycles. The highest BCUT2D eigenvalue weighted by Crippen LogP contribution is 2.32. The molecule has 1 heterocycles. The molecule has 21 heavy (non-hydrogen) atoms. The molecule has 2 N–H and O–H groups in total. The summed E-state index contributed by atoms with van der Waals surface area (Å²) in [6.07, 6.45) is 4.09. The van der Waals surface area contributed by atoms with Gasteiger partial charge in [-0.25, -0.2) is 4.39 Å². The van der Waals surface area contributed by atoms with Crippen LogP contribution >= 0.6 is 12.4 Å². The second-order valence-electron chi connectivity index (χ2n) is 5.54. The van der Waals surface area contributed by atoms with E-state index in [-0.39, 0.29) is 30.2 Å². The Morgan fingerprint density at radius 1 is 1.33 bits per heavy atom. The quantitative estimate of drug-likeness (QED) is 0.920. The Hall–Kier alpha value is -1.46. The van der Waals surface area contributed by atoms with Gasteiger partial charge in [0.15, 0.2) is 0 Å². The van der Waals surface area contributed by atoms with Crippen molar-refractivity contribution in [1.29, 1.82) is 0 Å². The Labute approximate surface area is 129 Å². The molecule has 0 saturated heterocycles. The monoisotopic (exact) mass is 311 g/mol. The fraction of sp³-hybridized carbons (Fsp3) is 0.467. The number of rotatable bonds is 2. The minimum absolute atomic E-state index is 0. The molecule has 2 unspecified atom stereocenters. The lowest BCUT2D eigenvalue weighted by Crippen LogP contribution is -2.26. The van der Waals surface area contributed by atoms with Crippen LogP contribution in [0.1, 0.15) is 43.1 Å². The Morgan fingerprint density at radius 3 is 2.86 bits per heavy atom. The highest BCUT2D eigenvalue weighted by Gasteiger charge is 2.25. The molecule has 2 atom stereocenters. The van der Waals surface area contributed by atoms with Gasteiger partial charge in [-0.05, 0) is 49.9 Å². The van der Waals surface area contributed by atoms with Crippen molar-refractivity contribution in [2.45, 2.75) is 44.6 Å². The van der Waals surface area contributed by atoms with Crippen molar-refractivity contribution in [3.05, 3.63) is 35.5 Å². The van der Waals surface area contributed by atoms with E-state index < -0.39 is 0 Å². The van der Waals surface area contributed by atoms with Crippen LogP contribution in [0, 0.1) is 12.7 Å². The Balaban J connectivity index is 0.00000161. The number of benzene rings is 1. The third kappa shape index (κ3) is 3.41. The van der Waals surface area contributed by atoms with Gasteiger partial charge in [0.05, 0.1) is 0 Å². The summed E-state index contributed by atoms with van der Waals surface area (Å²) in [5.41, 5.74) is 7.34. The van der Waals surface area contributed by atoms with Gasteiger partial charge < -0.3 is 10.3 Å². The van der Waals surface area contributed by atoms with Gasteiger partial charge in [0.25, 0.3) is 0 Å². The van der Waals surface area contributed by atoms with Gasteiger partial charge in [0.2, 0.25) is 11.7 Å². The molecule has 3 rings (SSSR count). The number of nitrogens with zero attached hydrogens (tertiary/aromatic N) is 2. The minimum atomic E-state index is -0.226. The van der Waals surface area contributed by atoms with Crippen molar-refractivity contribution >= 4 is 12.4 Å². The van der Waals surface area contributed by atoms with Gasteiger partial charge in [-0.1, -0.05) is 11.6 Å². The van der Waals surface area contributed by atoms with Gasteiger partial charge in [-0.3, -0.25) is 0 Å². The summed E-state index contributed by atoms with van der Waals surface area (Å²) in [5, 5.41) is 4.01. The zero-order valence-corrected chi connectivity index (χ0v) is 12.7. The first-order chi connectivity index (χ1) is 9.63. The second-order valence-corrected chi connectivity index (χ2v) is 5.54. The van der Waals surface area contributed by atoms with E-state index in [2.05, 4.69) is 10.1 Å². The van der Waals surface area contributed by atoms with Crippen molar-refractivity contribution < 1.29 is 8.91 Å². The smallest absolute Gasteiger partial charge is 0.230 e. The van der Waals surface area contributed by atoms with Crippen LogP contribution in [0.2, 0.25) is 0 Å². The van der Waals surface area contributed by atoms with Crippen molar-refractivity contribution in [2.24, 2.45) is 5.73 Å². The predicted octanol–water partition coefficient (Wildman–Crippen LogP) is 3.59. The molecule has 1 fully saturated rings. The van der Waals surface area contributed by atoms with Gasteiger partial charge in [0, 0.05) is 17.5 Å². The molecule has 1 aromatic heterocycles. The van der Waals surface area contributed by atoms with Gasteiger partial charge >= 0.3 is 0 Å². The first kappa shape index (κ1) is 15.9. The van der Waals surface area contributed by atoms with Crippen molar-refractivity contribution in [2.75, 3.05) is 0 Å². The summed E-state index contributed by atoms with van der Waals surface area (Å²) < 4.78 is 18.6. The van der Waals surface area contributed by atoms with E-state index in [1.807, 2.05) is 0 Å². The highest BCUT2D eigenvalue weighted by molar-refractivity contribution is 5.85. The number of nitrogens with two attached hydrogens (primary N) is 1. The molecule has 2 aromatic rings. The van der Waals surface area contributed by atoms with Crippen LogP contribution in [-0.2, 0) is 0 Å². The van der Waals surface area contributed by atoms with Crippen LogP contribution in [0.15, 0.2) is 22.7 Å². The van der Waals surface area contributed by atoms with Gasteiger partial charge in [-0.15, -0.1) is 12.4 Å². The van der Waals surface area contributed by atoms with Crippen LogP contribution in [0.3, 0.4) is 0 Å². The third-order valence-corrected chi connectivity index (χ3v) is 3.92. The summed E-state index contributed by atoms with van der Waals surface area (Å²) in [6, 6.07) is 5.05. The topological polar surface area (TPSA) is 64.9 Å². The third-order valence-electron chi connectivity index (χ3n) is 3.92. The summed E-state index contributed by atoms with van der Waals surface area (Å²) >= 11 is 0. The number of aromatic nitrogens is 2. The SMILES string of the molecule is Cc1cc(-c2noc(C3CCCC(N)C3)n2)ccc1F.Cl. The predicted molar refractivity (Wildman–Crippen MR) is 80.9 cm³/mol. The minimum Gasteiger partial charge on any atom is -0.339 e. The van der Waals surface area contributed by atoms with Crippen molar-refractivity contribution in [1.82, 2.24) is 10.1 Å². The maximum Gasteiger partial charge on any atom is 0.230 e. The summed E-state index contributed by atoms with van der Waals surface area (Å²) in [4.78, 5) is 4.45. The zero-order valence-electron chi connectivity index (χ0n) is 11.9. The van der Waals surface area contributed by atoms with E-state index in [1.54, 1.807) is 19.1 Å². The second kappa shape index (κ2) is 6.54. The first-order valence-electron chi connectivity index (χ1n) is 6.99. The van der Waals surface area contributed by atoms with E-state index in [1.165, 1.54) is 6.07 Å². The molecule has 0 aliphatic heterocycles. The van der Waals surface area contributed by atoms with Gasteiger partial charge in [-0.2, -0.15) is 4.98 Å². The molecule has 114 valence electrons. The molecule has 1 aromatic carbocycles. The molecular formula is C15H19ClFN3O. The van der Waals surface area contributed by atoms with E-state index in [0.29, 0.717) is 17.3 Å². The van der Waals surface area contributed by atoms with E-state index in [4.69, 9.17) is 10.3 Å². The average Bonchev–Trinajstić information content (AvgIpc) is 2.92. The fourth-order valence-corrected chi connectivity index (χ4v) is 2.75. The number of aryl methyl sites for hydroxylation is 1. The van der Waals surface area contributed by atoms with Crippen LogP contribution < -0.4 is 5.73 Å². The molecule has 0 bridgehead atoms. The van der Waals surface area contributed by atoms with Crippen LogP contribution in [0.5, 0.6) is 0 Å². The number of hydrogen-bond acceptors (Lipinski definition) is 4. The zero-order chi connectivity index (χ0) is 14.1. The Morgan fingerprint density at radius 2 is 2.14 bits per heavy atom. The lowest BCUT2D eigenvalue weighted by Gasteiger charge is -2.23. The summed E-state index contributed by atoms with van der Waals surface area (Å²) in [6.45, 7) is 1.72. The fourth-order valence-electron chi connectivity index (χ4n) is 2.75. The normalized spacial score (nSPS) is 21.9. The average molecular weight is 312 g/mol. The van der Waals surface area contributed by atoms with Gasteiger partial charge in [0.1, 0.15) is 5.82 Å². The Kier molecular flexibility index (Phi) is 4.96. The summed E-state index contributed by atoms with van der Waals surface area (Å²) in [7, 11) is 0. The highest BCUT2D eigenvalue weighted by atomic mass is 35.5. The van der Waals surface area contributed by atoms with E-state index >= 15 is 0 Å². The lowest BCUT2D eigenvalue weighted by molar-refractivity contribution is 0.299. The molecule has 0 spiro atoms. The van der Waals surface area contributed by atoms with E-state index in [0.717, 1.165) is 31.2 Å². The molecular weight excluding hydrogens is 293 g/mol. The molecule has 0 radical (unpaired) electrons.